The van der Waals surface area contributed by atoms with E-state index >= 15 is 0 Å². The SMILES string of the molecule is CC1Cc2ccccc2N1C(=O)c1cc2ccccc2c(=O)n1C. The smallest absolute Gasteiger partial charge is 0.275 e. The lowest BCUT2D eigenvalue weighted by molar-refractivity contribution is 0.0972. The molecule has 24 heavy (non-hydrogen) atoms. The monoisotopic (exact) mass is 318 g/mol. The lowest BCUT2D eigenvalue weighted by Gasteiger charge is -2.24. The van der Waals surface area contributed by atoms with Crippen LogP contribution in [-0.4, -0.2) is 16.5 Å². The third-order valence-electron chi connectivity index (χ3n) is 4.79. The van der Waals surface area contributed by atoms with E-state index in [-0.39, 0.29) is 17.5 Å². The zero-order valence-corrected chi connectivity index (χ0v) is 13.7. The van der Waals surface area contributed by atoms with Crippen LogP contribution in [0.5, 0.6) is 0 Å². The van der Waals surface area contributed by atoms with Gasteiger partial charge < -0.3 is 9.47 Å². The Hall–Kier alpha value is -2.88. The molecule has 3 aromatic rings. The Bertz CT molecular complexity index is 1020. The first-order valence-electron chi connectivity index (χ1n) is 8.08. The molecule has 0 saturated heterocycles. The van der Waals surface area contributed by atoms with E-state index in [0.29, 0.717) is 11.1 Å². The minimum atomic E-state index is -0.142. The molecule has 1 atom stereocenters. The number of rotatable bonds is 1. The fourth-order valence-corrected chi connectivity index (χ4v) is 3.56. The van der Waals surface area contributed by atoms with Gasteiger partial charge in [-0.3, -0.25) is 9.59 Å². The Morgan fingerprint density at radius 1 is 1.08 bits per heavy atom. The second-order valence-corrected chi connectivity index (χ2v) is 6.34. The highest BCUT2D eigenvalue weighted by Crippen LogP contribution is 2.33. The first-order valence-corrected chi connectivity index (χ1v) is 8.08. The fraction of sp³-hybridized carbons (Fsp3) is 0.200. The molecule has 1 aliphatic heterocycles. The van der Waals surface area contributed by atoms with Gasteiger partial charge in [0.15, 0.2) is 0 Å². The number of para-hydroxylation sites is 1. The highest BCUT2D eigenvalue weighted by atomic mass is 16.2. The number of anilines is 1. The number of nitrogens with zero attached hydrogens (tertiary/aromatic N) is 2. The van der Waals surface area contributed by atoms with Crippen molar-refractivity contribution in [3.05, 3.63) is 76.2 Å². The molecule has 4 heteroatoms. The summed E-state index contributed by atoms with van der Waals surface area (Å²) < 4.78 is 1.46. The molecule has 1 unspecified atom stereocenters. The van der Waals surface area contributed by atoms with Crippen LogP contribution in [0.15, 0.2) is 59.4 Å². The summed E-state index contributed by atoms with van der Waals surface area (Å²) in [4.78, 5) is 27.6. The molecule has 0 saturated carbocycles. The highest BCUT2D eigenvalue weighted by Gasteiger charge is 2.32. The summed E-state index contributed by atoms with van der Waals surface area (Å²) in [6.07, 6.45) is 0.837. The van der Waals surface area contributed by atoms with E-state index < -0.39 is 0 Å². The number of benzene rings is 2. The van der Waals surface area contributed by atoms with Crippen LogP contribution in [0, 0.1) is 0 Å². The van der Waals surface area contributed by atoms with Gasteiger partial charge in [-0.1, -0.05) is 36.4 Å². The van der Waals surface area contributed by atoms with Crippen molar-refractivity contribution < 1.29 is 4.79 Å². The Morgan fingerprint density at radius 2 is 1.79 bits per heavy atom. The predicted octanol–water partition coefficient (Wildman–Crippen LogP) is 3.13. The van der Waals surface area contributed by atoms with Crippen LogP contribution in [0.3, 0.4) is 0 Å². The number of fused-ring (bicyclic) bond motifs is 2. The lowest BCUT2D eigenvalue weighted by Crippen LogP contribution is -2.38. The van der Waals surface area contributed by atoms with Gasteiger partial charge in [0.25, 0.3) is 11.5 Å². The maximum Gasteiger partial charge on any atom is 0.275 e. The summed E-state index contributed by atoms with van der Waals surface area (Å²) in [5.74, 6) is -0.127. The minimum absolute atomic E-state index is 0.0801. The van der Waals surface area contributed by atoms with Crippen molar-refractivity contribution in [1.29, 1.82) is 0 Å². The fourth-order valence-electron chi connectivity index (χ4n) is 3.56. The number of carbonyl (C=O) groups excluding carboxylic acids is 1. The van der Waals surface area contributed by atoms with Gasteiger partial charge in [-0.05, 0) is 42.5 Å². The van der Waals surface area contributed by atoms with Gasteiger partial charge in [0.2, 0.25) is 0 Å². The van der Waals surface area contributed by atoms with Crippen LogP contribution in [0.4, 0.5) is 5.69 Å². The average Bonchev–Trinajstić information content (AvgIpc) is 2.93. The van der Waals surface area contributed by atoms with E-state index in [2.05, 4.69) is 6.07 Å². The number of aromatic nitrogens is 1. The summed E-state index contributed by atoms with van der Waals surface area (Å²) in [6.45, 7) is 2.04. The molecule has 0 spiro atoms. The molecule has 120 valence electrons. The molecule has 1 amide bonds. The Labute approximate surface area is 140 Å². The molecule has 4 nitrogen and oxygen atoms in total. The zero-order chi connectivity index (χ0) is 16.8. The number of hydrogen-bond acceptors (Lipinski definition) is 2. The highest BCUT2D eigenvalue weighted by molar-refractivity contribution is 6.08. The number of carbonyl (C=O) groups is 1. The van der Waals surface area contributed by atoms with E-state index in [0.717, 1.165) is 17.5 Å². The van der Waals surface area contributed by atoms with Crippen molar-refractivity contribution in [1.82, 2.24) is 4.57 Å². The topological polar surface area (TPSA) is 42.3 Å². The van der Waals surface area contributed by atoms with Gasteiger partial charge in [0.05, 0.1) is 0 Å². The third kappa shape index (κ3) is 2.07. The molecule has 0 radical (unpaired) electrons. The van der Waals surface area contributed by atoms with Gasteiger partial charge in [0, 0.05) is 24.2 Å². The van der Waals surface area contributed by atoms with Crippen LogP contribution in [-0.2, 0) is 13.5 Å². The maximum atomic E-state index is 13.2. The molecule has 0 bridgehead atoms. The molecule has 1 aliphatic rings. The van der Waals surface area contributed by atoms with Crippen molar-refractivity contribution in [2.75, 3.05) is 4.90 Å². The predicted molar refractivity (Wildman–Crippen MR) is 95.6 cm³/mol. The van der Waals surface area contributed by atoms with E-state index in [1.54, 1.807) is 18.0 Å². The van der Waals surface area contributed by atoms with Crippen molar-refractivity contribution in [3.8, 4) is 0 Å². The Kier molecular flexibility index (Phi) is 3.27. The van der Waals surface area contributed by atoms with Crippen LogP contribution in [0.2, 0.25) is 0 Å². The molecule has 2 aromatic carbocycles. The number of pyridine rings is 1. The molecular weight excluding hydrogens is 300 g/mol. The zero-order valence-electron chi connectivity index (χ0n) is 13.7. The molecule has 0 N–H and O–H groups in total. The normalized spacial score (nSPS) is 16.4. The second kappa shape index (κ2) is 5.34. The molecule has 0 fully saturated rings. The van der Waals surface area contributed by atoms with Crippen LogP contribution in [0.25, 0.3) is 10.8 Å². The Morgan fingerprint density at radius 3 is 2.62 bits per heavy atom. The van der Waals surface area contributed by atoms with Gasteiger partial charge >= 0.3 is 0 Å². The van der Waals surface area contributed by atoms with Crippen molar-refractivity contribution >= 4 is 22.4 Å². The van der Waals surface area contributed by atoms with Crippen molar-refractivity contribution in [3.63, 3.8) is 0 Å². The largest absolute Gasteiger partial charge is 0.307 e. The van der Waals surface area contributed by atoms with Gasteiger partial charge in [-0.25, -0.2) is 0 Å². The first-order chi connectivity index (χ1) is 11.6. The van der Waals surface area contributed by atoms with Crippen molar-refractivity contribution in [2.45, 2.75) is 19.4 Å². The van der Waals surface area contributed by atoms with E-state index in [1.807, 2.05) is 49.4 Å². The van der Waals surface area contributed by atoms with E-state index in [4.69, 9.17) is 0 Å². The third-order valence-corrected chi connectivity index (χ3v) is 4.79. The van der Waals surface area contributed by atoms with Gasteiger partial charge in [0.1, 0.15) is 5.69 Å². The number of amides is 1. The maximum absolute atomic E-state index is 13.2. The van der Waals surface area contributed by atoms with E-state index in [9.17, 15) is 9.59 Å². The van der Waals surface area contributed by atoms with Gasteiger partial charge in [-0.15, -0.1) is 0 Å². The summed E-state index contributed by atoms with van der Waals surface area (Å²) in [7, 11) is 1.66. The summed E-state index contributed by atoms with van der Waals surface area (Å²) in [5, 5.41) is 1.43. The molecule has 0 aliphatic carbocycles. The minimum Gasteiger partial charge on any atom is -0.307 e. The van der Waals surface area contributed by atoms with Crippen molar-refractivity contribution in [2.24, 2.45) is 7.05 Å². The van der Waals surface area contributed by atoms with Crippen LogP contribution >= 0.6 is 0 Å². The summed E-state index contributed by atoms with van der Waals surface area (Å²) in [5.41, 5.74) is 2.39. The van der Waals surface area contributed by atoms with Gasteiger partial charge in [-0.2, -0.15) is 0 Å². The molecule has 1 aromatic heterocycles. The lowest BCUT2D eigenvalue weighted by atomic mass is 10.1. The second-order valence-electron chi connectivity index (χ2n) is 6.34. The molecule has 2 heterocycles. The standard InChI is InChI=1S/C20H18N2O2/c1-13-11-15-8-4-6-10-17(15)22(13)20(24)18-12-14-7-3-5-9-16(14)19(23)21(18)2/h3-10,12-13H,11H2,1-2H3. The quantitative estimate of drug-likeness (QED) is 0.692. The van der Waals surface area contributed by atoms with Crippen LogP contribution < -0.4 is 10.5 Å². The summed E-state index contributed by atoms with van der Waals surface area (Å²) >= 11 is 0. The first kappa shape index (κ1) is 14.7. The van der Waals surface area contributed by atoms with E-state index in [1.165, 1.54) is 10.1 Å². The molecule has 4 rings (SSSR count). The Balaban J connectivity index is 1.88. The number of hydrogen-bond donors (Lipinski definition) is 0. The average molecular weight is 318 g/mol. The molecular formula is C20H18N2O2. The summed E-state index contributed by atoms with van der Waals surface area (Å²) in [6, 6.07) is 17.2. The van der Waals surface area contributed by atoms with Crippen LogP contribution in [0.1, 0.15) is 23.0 Å².